The molecule has 0 saturated heterocycles. The number of halogens is 1. The number of aliphatic hydroxyl groups is 1. The number of hydrogen-bond acceptors (Lipinski definition) is 3. The van der Waals surface area contributed by atoms with Gasteiger partial charge in [-0.3, -0.25) is 4.79 Å². The molecule has 104 valence electrons. The third kappa shape index (κ3) is 3.37. The number of nitrogens with two attached hydrogens (primary N) is 1. The highest BCUT2D eigenvalue weighted by atomic mass is 79.9. The van der Waals surface area contributed by atoms with E-state index < -0.39 is 12.0 Å². The zero-order chi connectivity index (χ0) is 14.7. The van der Waals surface area contributed by atoms with E-state index in [1.54, 1.807) is 49.4 Å². The van der Waals surface area contributed by atoms with Crippen LogP contribution in [0.3, 0.4) is 0 Å². The van der Waals surface area contributed by atoms with Crippen LogP contribution in [-0.4, -0.2) is 11.0 Å². The topological polar surface area (TPSA) is 72.6 Å². The largest absolute Gasteiger partial charge is 0.457 e. The summed E-state index contributed by atoms with van der Waals surface area (Å²) >= 11 is 3.39. The molecule has 0 radical (unpaired) electrons. The highest BCUT2D eigenvalue weighted by molar-refractivity contribution is 9.10. The van der Waals surface area contributed by atoms with Crippen LogP contribution in [0.15, 0.2) is 46.9 Å². The monoisotopic (exact) mass is 335 g/mol. The lowest BCUT2D eigenvalue weighted by molar-refractivity contribution is 0.100. The van der Waals surface area contributed by atoms with Crippen LogP contribution in [0.4, 0.5) is 0 Å². The summed E-state index contributed by atoms with van der Waals surface area (Å²) in [5.41, 5.74) is 6.40. The number of amides is 1. The summed E-state index contributed by atoms with van der Waals surface area (Å²) in [4.78, 5) is 11.0. The van der Waals surface area contributed by atoms with Gasteiger partial charge in [0.1, 0.15) is 11.5 Å². The fraction of sp³-hybridized carbons (Fsp3) is 0.133. The number of carbonyl (C=O) groups is 1. The van der Waals surface area contributed by atoms with Crippen molar-refractivity contribution in [3.05, 3.63) is 58.1 Å². The van der Waals surface area contributed by atoms with Gasteiger partial charge in [-0.2, -0.15) is 0 Å². The first-order valence-corrected chi connectivity index (χ1v) is 6.82. The molecule has 2 rings (SSSR count). The molecule has 5 heteroatoms. The summed E-state index contributed by atoms with van der Waals surface area (Å²) in [7, 11) is 0. The fourth-order valence-electron chi connectivity index (χ4n) is 1.73. The van der Waals surface area contributed by atoms with E-state index in [9.17, 15) is 9.90 Å². The predicted molar refractivity (Wildman–Crippen MR) is 79.8 cm³/mol. The third-order valence-electron chi connectivity index (χ3n) is 2.80. The average molecular weight is 336 g/mol. The fourth-order valence-corrected chi connectivity index (χ4v) is 2.42. The van der Waals surface area contributed by atoms with E-state index in [1.165, 1.54) is 0 Å². The maximum Gasteiger partial charge on any atom is 0.248 e. The van der Waals surface area contributed by atoms with Gasteiger partial charge < -0.3 is 15.6 Å². The molecule has 2 aromatic carbocycles. The van der Waals surface area contributed by atoms with Crippen molar-refractivity contribution < 1.29 is 14.6 Å². The lowest BCUT2D eigenvalue weighted by Gasteiger charge is -2.11. The van der Waals surface area contributed by atoms with Crippen molar-refractivity contribution >= 4 is 21.8 Å². The molecular formula is C15H14BrNO3. The molecule has 0 bridgehead atoms. The highest BCUT2D eigenvalue weighted by Crippen LogP contribution is 2.30. The second-order valence-electron chi connectivity index (χ2n) is 4.35. The Bertz CT molecular complexity index is 624. The molecule has 0 aromatic heterocycles. The van der Waals surface area contributed by atoms with E-state index in [0.29, 0.717) is 17.1 Å². The van der Waals surface area contributed by atoms with Gasteiger partial charge in [0, 0.05) is 10.0 Å². The standard InChI is InChI=1S/C15H14BrNO3/c1-9(18)13-7-6-12(8-14(13)16)20-11-4-2-10(3-5-11)15(17)19/h2-9,18H,1H3,(H2,17,19). The normalized spacial score (nSPS) is 11.9. The number of hydrogen-bond donors (Lipinski definition) is 2. The molecule has 0 saturated carbocycles. The van der Waals surface area contributed by atoms with E-state index in [4.69, 9.17) is 10.5 Å². The first-order chi connectivity index (χ1) is 9.47. The smallest absolute Gasteiger partial charge is 0.248 e. The zero-order valence-corrected chi connectivity index (χ0v) is 12.4. The van der Waals surface area contributed by atoms with E-state index >= 15 is 0 Å². The Kier molecular flexibility index (Phi) is 4.42. The first kappa shape index (κ1) is 14.6. The summed E-state index contributed by atoms with van der Waals surface area (Å²) in [6, 6.07) is 11.9. The van der Waals surface area contributed by atoms with Crippen molar-refractivity contribution in [3.63, 3.8) is 0 Å². The number of primary amides is 1. The molecule has 0 aliphatic carbocycles. The van der Waals surface area contributed by atoms with Gasteiger partial charge in [0.05, 0.1) is 6.10 Å². The number of aliphatic hydroxyl groups excluding tert-OH is 1. The molecule has 0 fully saturated rings. The molecule has 0 aliphatic rings. The lowest BCUT2D eigenvalue weighted by atomic mass is 10.1. The SMILES string of the molecule is CC(O)c1ccc(Oc2ccc(C(N)=O)cc2)cc1Br. The van der Waals surface area contributed by atoms with Gasteiger partial charge in [-0.15, -0.1) is 0 Å². The van der Waals surface area contributed by atoms with Gasteiger partial charge in [0.25, 0.3) is 0 Å². The molecule has 3 N–H and O–H groups in total. The molecule has 0 aliphatic heterocycles. The number of carbonyl (C=O) groups excluding carboxylic acids is 1. The average Bonchev–Trinajstić information content (AvgIpc) is 2.39. The van der Waals surface area contributed by atoms with Crippen molar-refractivity contribution in [2.45, 2.75) is 13.0 Å². The van der Waals surface area contributed by atoms with Crippen LogP contribution in [0.1, 0.15) is 28.9 Å². The van der Waals surface area contributed by atoms with E-state index in [0.717, 1.165) is 10.0 Å². The van der Waals surface area contributed by atoms with Crippen molar-refractivity contribution in [1.29, 1.82) is 0 Å². The predicted octanol–water partition coefficient (Wildman–Crippen LogP) is 3.39. The Morgan fingerprint density at radius 1 is 1.20 bits per heavy atom. The van der Waals surface area contributed by atoms with E-state index in [2.05, 4.69) is 15.9 Å². The first-order valence-electron chi connectivity index (χ1n) is 6.02. The minimum absolute atomic E-state index is 0.433. The quantitative estimate of drug-likeness (QED) is 0.899. The van der Waals surface area contributed by atoms with Crippen molar-refractivity contribution in [2.75, 3.05) is 0 Å². The van der Waals surface area contributed by atoms with E-state index in [1.807, 2.05) is 0 Å². The molecular weight excluding hydrogens is 322 g/mol. The van der Waals surface area contributed by atoms with Crippen LogP contribution in [-0.2, 0) is 0 Å². The minimum Gasteiger partial charge on any atom is -0.457 e. The molecule has 20 heavy (non-hydrogen) atoms. The molecule has 4 nitrogen and oxygen atoms in total. The molecule has 2 aromatic rings. The van der Waals surface area contributed by atoms with Gasteiger partial charge in [0.15, 0.2) is 0 Å². The maximum absolute atomic E-state index is 11.0. The summed E-state index contributed by atoms with van der Waals surface area (Å²) in [5, 5.41) is 9.55. The number of benzene rings is 2. The van der Waals surface area contributed by atoms with Crippen molar-refractivity contribution in [3.8, 4) is 11.5 Å². The van der Waals surface area contributed by atoms with Crippen LogP contribution < -0.4 is 10.5 Å². The van der Waals surface area contributed by atoms with Crippen LogP contribution in [0.25, 0.3) is 0 Å². The van der Waals surface area contributed by atoms with Crippen LogP contribution in [0.2, 0.25) is 0 Å². The zero-order valence-electron chi connectivity index (χ0n) is 10.8. The van der Waals surface area contributed by atoms with Gasteiger partial charge in [-0.05, 0) is 48.9 Å². The Hall–Kier alpha value is -1.85. The summed E-state index contributed by atoms with van der Waals surface area (Å²) in [6.45, 7) is 1.70. The van der Waals surface area contributed by atoms with Gasteiger partial charge in [-0.25, -0.2) is 0 Å². The van der Waals surface area contributed by atoms with Gasteiger partial charge in [-0.1, -0.05) is 22.0 Å². The number of ether oxygens (including phenoxy) is 1. The second kappa shape index (κ2) is 6.07. The maximum atomic E-state index is 11.0. The summed E-state index contributed by atoms with van der Waals surface area (Å²) < 4.78 is 6.44. The van der Waals surface area contributed by atoms with Crippen molar-refractivity contribution in [1.82, 2.24) is 0 Å². The molecule has 0 spiro atoms. The summed E-state index contributed by atoms with van der Waals surface area (Å²) in [6.07, 6.45) is -0.548. The summed E-state index contributed by atoms with van der Waals surface area (Å²) in [5.74, 6) is 0.764. The molecule has 0 heterocycles. The van der Waals surface area contributed by atoms with Gasteiger partial charge in [0.2, 0.25) is 5.91 Å². The molecule has 1 atom stereocenters. The van der Waals surface area contributed by atoms with Crippen LogP contribution >= 0.6 is 15.9 Å². The van der Waals surface area contributed by atoms with Crippen LogP contribution in [0.5, 0.6) is 11.5 Å². The lowest BCUT2D eigenvalue weighted by Crippen LogP contribution is -2.10. The highest BCUT2D eigenvalue weighted by Gasteiger charge is 2.08. The number of rotatable bonds is 4. The molecule has 1 unspecified atom stereocenters. The Balaban J connectivity index is 2.17. The van der Waals surface area contributed by atoms with Crippen LogP contribution in [0, 0.1) is 0 Å². The van der Waals surface area contributed by atoms with Gasteiger partial charge >= 0.3 is 0 Å². The minimum atomic E-state index is -0.548. The Labute approximate surface area is 125 Å². The van der Waals surface area contributed by atoms with E-state index in [-0.39, 0.29) is 0 Å². The second-order valence-corrected chi connectivity index (χ2v) is 5.20. The Morgan fingerprint density at radius 2 is 1.80 bits per heavy atom. The Morgan fingerprint density at radius 3 is 2.30 bits per heavy atom. The molecule has 1 amide bonds. The third-order valence-corrected chi connectivity index (χ3v) is 3.48. The van der Waals surface area contributed by atoms with Crippen molar-refractivity contribution in [2.24, 2.45) is 5.73 Å².